The molecule has 32 heavy (non-hydrogen) atoms. The molecule has 3 heterocycles. The van der Waals surface area contributed by atoms with Crippen LogP contribution in [-0.4, -0.2) is 39.8 Å². The Labute approximate surface area is 186 Å². The molecular formula is C25H26N4O3. The van der Waals surface area contributed by atoms with Gasteiger partial charge in [-0.15, -0.1) is 0 Å². The molecule has 3 amide bonds. The topological polar surface area (TPSA) is 83.4 Å². The molecule has 2 aromatic carbocycles. The number of rotatable bonds is 5. The lowest BCUT2D eigenvalue weighted by molar-refractivity contribution is -0.119. The summed E-state index contributed by atoms with van der Waals surface area (Å²) in [6.07, 6.45) is 5.58. The maximum Gasteiger partial charge on any atom is 0.256 e. The summed E-state index contributed by atoms with van der Waals surface area (Å²) in [5, 5.41) is 6.99. The van der Waals surface area contributed by atoms with Gasteiger partial charge in [0.15, 0.2) is 0 Å². The van der Waals surface area contributed by atoms with Gasteiger partial charge in [0.25, 0.3) is 5.91 Å². The van der Waals surface area contributed by atoms with E-state index in [1.807, 2.05) is 19.2 Å². The van der Waals surface area contributed by atoms with Gasteiger partial charge in [-0.1, -0.05) is 18.2 Å². The molecule has 164 valence electrons. The summed E-state index contributed by atoms with van der Waals surface area (Å²) in [5.41, 5.74) is 3.93. The Balaban J connectivity index is 1.24. The van der Waals surface area contributed by atoms with Crippen molar-refractivity contribution in [2.75, 3.05) is 17.2 Å². The van der Waals surface area contributed by atoms with Crippen LogP contribution in [0.1, 0.15) is 41.6 Å². The highest BCUT2D eigenvalue weighted by molar-refractivity contribution is 6.11. The zero-order valence-corrected chi connectivity index (χ0v) is 18.1. The standard InChI is InChI=1S/C25H26N4O3/c1-28-15-16(18-7-2-3-8-21(18)28)6-4-10-23(30)26-17-11-12-20-19(14-17)25(32)29-13-5-9-22(29)24(31)27-20/h2-3,7-8,11-12,14-15,22H,4-6,9-10,13H2,1H3,(H,26,30)(H,27,31). The fraction of sp³-hybridized carbons (Fsp3) is 0.320. The molecule has 2 aliphatic heterocycles. The number of hydrogen-bond acceptors (Lipinski definition) is 3. The molecule has 0 bridgehead atoms. The monoisotopic (exact) mass is 430 g/mol. The average Bonchev–Trinajstić information content (AvgIpc) is 3.38. The van der Waals surface area contributed by atoms with E-state index in [9.17, 15) is 14.4 Å². The van der Waals surface area contributed by atoms with E-state index in [1.165, 1.54) is 16.5 Å². The van der Waals surface area contributed by atoms with E-state index in [2.05, 4.69) is 33.5 Å². The molecule has 7 nitrogen and oxygen atoms in total. The molecule has 1 fully saturated rings. The van der Waals surface area contributed by atoms with Gasteiger partial charge in [-0.25, -0.2) is 0 Å². The van der Waals surface area contributed by atoms with E-state index < -0.39 is 6.04 Å². The van der Waals surface area contributed by atoms with Crippen LogP contribution in [0.5, 0.6) is 0 Å². The number of anilines is 2. The number of carbonyl (C=O) groups excluding carboxylic acids is 3. The first-order valence-corrected chi connectivity index (χ1v) is 11.1. The molecule has 1 aromatic heterocycles. The van der Waals surface area contributed by atoms with Gasteiger partial charge in [-0.05, 0) is 55.5 Å². The van der Waals surface area contributed by atoms with Crippen LogP contribution in [0.25, 0.3) is 10.9 Å². The van der Waals surface area contributed by atoms with Gasteiger partial charge < -0.3 is 20.1 Å². The summed E-state index contributed by atoms with van der Waals surface area (Å²) >= 11 is 0. The van der Waals surface area contributed by atoms with Crippen molar-refractivity contribution < 1.29 is 14.4 Å². The van der Waals surface area contributed by atoms with Gasteiger partial charge in [0, 0.05) is 42.8 Å². The lowest BCUT2D eigenvalue weighted by atomic mass is 10.1. The van der Waals surface area contributed by atoms with Crippen molar-refractivity contribution >= 4 is 40.0 Å². The Kier molecular flexibility index (Phi) is 5.17. The molecule has 7 heteroatoms. The van der Waals surface area contributed by atoms with Crippen molar-refractivity contribution in [3.63, 3.8) is 0 Å². The molecule has 0 radical (unpaired) electrons. The largest absolute Gasteiger partial charge is 0.350 e. The molecule has 1 saturated heterocycles. The van der Waals surface area contributed by atoms with Gasteiger partial charge in [-0.3, -0.25) is 14.4 Å². The van der Waals surface area contributed by atoms with E-state index >= 15 is 0 Å². The molecule has 5 rings (SSSR count). The smallest absolute Gasteiger partial charge is 0.256 e. The first kappa shape index (κ1) is 20.3. The molecule has 1 unspecified atom stereocenters. The van der Waals surface area contributed by atoms with E-state index in [-0.39, 0.29) is 17.7 Å². The molecule has 0 spiro atoms. The number of para-hydroxylation sites is 1. The van der Waals surface area contributed by atoms with Crippen LogP contribution < -0.4 is 10.6 Å². The number of carbonyl (C=O) groups is 3. The van der Waals surface area contributed by atoms with Crippen molar-refractivity contribution in [1.29, 1.82) is 0 Å². The van der Waals surface area contributed by atoms with Crippen molar-refractivity contribution in [1.82, 2.24) is 9.47 Å². The number of nitrogens with one attached hydrogen (secondary N) is 2. The Morgan fingerprint density at radius 1 is 1.19 bits per heavy atom. The van der Waals surface area contributed by atoms with Crippen molar-refractivity contribution in [3.8, 4) is 0 Å². The van der Waals surface area contributed by atoms with Crippen molar-refractivity contribution in [2.45, 2.75) is 38.1 Å². The van der Waals surface area contributed by atoms with Crippen molar-refractivity contribution in [3.05, 3.63) is 59.8 Å². The Morgan fingerprint density at radius 3 is 2.91 bits per heavy atom. The average molecular weight is 431 g/mol. The van der Waals surface area contributed by atoms with Crippen molar-refractivity contribution in [2.24, 2.45) is 7.05 Å². The molecule has 0 saturated carbocycles. The summed E-state index contributed by atoms with van der Waals surface area (Å²) in [6, 6.07) is 13.0. The van der Waals surface area contributed by atoms with E-state index in [0.29, 0.717) is 36.3 Å². The normalized spacial score (nSPS) is 17.7. The summed E-state index contributed by atoms with van der Waals surface area (Å²) in [6.45, 7) is 0.584. The molecule has 2 aliphatic rings. The number of nitrogens with zero attached hydrogens (tertiary/aromatic N) is 2. The highest BCUT2D eigenvalue weighted by Crippen LogP contribution is 2.30. The van der Waals surface area contributed by atoms with E-state index in [4.69, 9.17) is 0 Å². The van der Waals surface area contributed by atoms with Crippen LogP contribution in [0.15, 0.2) is 48.7 Å². The zero-order chi connectivity index (χ0) is 22.2. The minimum Gasteiger partial charge on any atom is -0.350 e. The second kappa shape index (κ2) is 8.15. The zero-order valence-electron chi connectivity index (χ0n) is 18.1. The van der Waals surface area contributed by atoms with Crippen LogP contribution in [0.4, 0.5) is 11.4 Å². The number of aromatic nitrogens is 1. The Bertz CT molecular complexity index is 1230. The van der Waals surface area contributed by atoms with Gasteiger partial charge >= 0.3 is 0 Å². The summed E-state index contributed by atoms with van der Waals surface area (Å²) in [7, 11) is 2.03. The third-order valence-electron chi connectivity index (χ3n) is 6.44. The predicted octanol–water partition coefficient (Wildman–Crippen LogP) is 3.70. The number of amides is 3. The van der Waals surface area contributed by atoms with E-state index in [0.717, 1.165) is 19.3 Å². The molecule has 1 atom stereocenters. The fourth-order valence-corrected chi connectivity index (χ4v) is 4.85. The van der Waals surface area contributed by atoms with Crippen LogP contribution in [0.2, 0.25) is 0 Å². The Morgan fingerprint density at radius 2 is 2.03 bits per heavy atom. The lowest BCUT2D eigenvalue weighted by Crippen LogP contribution is -2.40. The maximum absolute atomic E-state index is 13.0. The number of fused-ring (bicyclic) bond motifs is 3. The number of benzene rings is 2. The van der Waals surface area contributed by atoms with Crippen LogP contribution >= 0.6 is 0 Å². The minimum absolute atomic E-state index is 0.0886. The van der Waals surface area contributed by atoms with Gasteiger partial charge in [0.05, 0.1) is 11.3 Å². The first-order valence-electron chi connectivity index (χ1n) is 11.1. The molecular weight excluding hydrogens is 404 g/mol. The Hall–Kier alpha value is -3.61. The molecule has 2 N–H and O–H groups in total. The molecule has 0 aliphatic carbocycles. The fourth-order valence-electron chi connectivity index (χ4n) is 4.85. The third-order valence-corrected chi connectivity index (χ3v) is 6.44. The second-order valence-corrected chi connectivity index (χ2v) is 8.59. The van der Waals surface area contributed by atoms with E-state index in [1.54, 1.807) is 23.1 Å². The predicted molar refractivity (Wildman–Crippen MR) is 124 cm³/mol. The SMILES string of the molecule is Cn1cc(CCCC(=O)Nc2ccc3c(c2)C(=O)N2CCCC2C(=O)N3)c2ccccc21. The maximum atomic E-state index is 13.0. The van der Waals surface area contributed by atoms with Gasteiger partial charge in [0.1, 0.15) is 6.04 Å². The lowest BCUT2D eigenvalue weighted by Gasteiger charge is -2.20. The van der Waals surface area contributed by atoms with Crippen LogP contribution in [0.3, 0.4) is 0 Å². The highest BCUT2D eigenvalue weighted by Gasteiger charge is 2.38. The van der Waals surface area contributed by atoms with Crippen LogP contribution in [0, 0.1) is 0 Å². The minimum atomic E-state index is -0.401. The second-order valence-electron chi connectivity index (χ2n) is 8.59. The van der Waals surface area contributed by atoms with Gasteiger partial charge in [-0.2, -0.15) is 0 Å². The highest BCUT2D eigenvalue weighted by atomic mass is 16.2. The first-order chi connectivity index (χ1) is 15.5. The quantitative estimate of drug-likeness (QED) is 0.648. The van der Waals surface area contributed by atoms with Gasteiger partial charge in [0.2, 0.25) is 11.8 Å². The molecule has 3 aromatic rings. The number of hydrogen-bond donors (Lipinski definition) is 2. The summed E-state index contributed by atoms with van der Waals surface area (Å²) in [4.78, 5) is 39.5. The number of aryl methyl sites for hydroxylation is 2. The summed E-state index contributed by atoms with van der Waals surface area (Å²) in [5.74, 6) is -0.387. The van der Waals surface area contributed by atoms with Crippen LogP contribution in [-0.2, 0) is 23.1 Å². The third kappa shape index (κ3) is 3.64. The summed E-state index contributed by atoms with van der Waals surface area (Å²) < 4.78 is 2.11.